The summed E-state index contributed by atoms with van der Waals surface area (Å²) in [5.74, 6) is -0.761. The molecule has 0 aliphatic carbocycles. The van der Waals surface area contributed by atoms with E-state index < -0.39 is 24.0 Å². The van der Waals surface area contributed by atoms with Crippen LogP contribution in [0.4, 0.5) is 5.69 Å². The van der Waals surface area contributed by atoms with Crippen LogP contribution in [-0.2, 0) is 20.9 Å². The van der Waals surface area contributed by atoms with E-state index >= 15 is 0 Å². The minimum Gasteiger partial charge on any atom is -0.496 e. The summed E-state index contributed by atoms with van der Waals surface area (Å²) in [6.07, 6.45) is 0. The Hall–Kier alpha value is -3.75. The van der Waals surface area contributed by atoms with Gasteiger partial charge in [0, 0.05) is 5.56 Å². The van der Waals surface area contributed by atoms with Crippen LogP contribution >= 0.6 is 0 Å². The molecule has 2 heterocycles. The van der Waals surface area contributed by atoms with E-state index in [1.807, 2.05) is 19.1 Å². The van der Waals surface area contributed by atoms with Crippen LogP contribution < -0.4 is 9.64 Å². The topological polar surface area (TPSA) is 101 Å². The van der Waals surface area contributed by atoms with E-state index in [2.05, 4.69) is 10.3 Å². The fourth-order valence-corrected chi connectivity index (χ4v) is 3.62. The third-order valence-electron chi connectivity index (χ3n) is 5.18. The zero-order valence-electron chi connectivity index (χ0n) is 16.7. The number of imide groups is 1. The molecule has 2 aromatic rings. The molecule has 30 heavy (non-hydrogen) atoms. The largest absolute Gasteiger partial charge is 0.496 e. The van der Waals surface area contributed by atoms with Crippen molar-refractivity contribution in [1.82, 2.24) is 5.01 Å². The number of ether oxygens (including phenoxy) is 2. The predicted octanol–water partition coefficient (Wildman–Crippen LogP) is 2.28. The van der Waals surface area contributed by atoms with E-state index in [0.717, 1.165) is 10.5 Å². The van der Waals surface area contributed by atoms with Crippen molar-refractivity contribution in [3.63, 3.8) is 0 Å². The van der Waals surface area contributed by atoms with Crippen molar-refractivity contribution in [2.24, 2.45) is 10.3 Å². The Balaban J connectivity index is 1.62. The molecule has 2 atom stereocenters. The predicted molar refractivity (Wildman–Crippen MR) is 106 cm³/mol. The molecule has 0 spiro atoms. The van der Waals surface area contributed by atoms with E-state index in [4.69, 9.17) is 9.47 Å². The Bertz CT molecular complexity index is 1050. The van der Waals surface area contributed by atoms with Crippen molar-refractivity contribution in [3.8, 4) is 5.75 Å². The number of esters is 1. The van der Waals surface area contributed by atoms with Crippen molar-refractivity contribution < 1.29 is 23.9 Å². The number of benzene rings is 2. The number of amides is 2. The van der Waals surface area contributed by atoms with Crippen LogP contribution in [0.25, 0.3) is 0 Å². The summed E-state index contributed by atoms with van der Waals surface area (Å²) in [6.45, 7) is 2.07. The van der Waals surface area contributed by atoms with Gasteiger partial charge in [-0.15, -0.1) is 0 Å². The van der Waals surface area contributed by atoms with Gasteiger partial charge in [-0.2, -0.15) is 5.11 Å². The zero-order chi connectivity index (χ0) is 21.4. The van der Waals surface area contributed by atoms with Crippen LogP contribution in [0.5, 0.6) is 5.75 Å². The van der Waals surface area contributed by atoms with Crippen molar-refractivity contribution >= 4 is 23.5 Å². The molecule has 9 heteroatoms. The molecule has 0 bridgehead atoms. The second-order valence-electron chi connectivity index (χ2n) is 7.06. The number of nitrogens with zero attached hydrogens (tertiary/aromatic N) is 4. The van der Waals surface area contributed by atoms with Gasteiger partial charge in [-0.05, 0) is 37.3 Å². The second-order valence-corrected chi connectivity index (χ2v) is 7.06. The average molecular weight is 408 g/mol. The van der Waals surface area contributed by atoms with Gasteiger partial charge in [0.15, 0.2) is 12.1 Å². The molecule has 154 valence electrons. The van der Waals surface area contributed by atoms with Crippen LogP contribution in [0, 0.1) is 6.92 Å². The fraction of sp³-hybridized carbons (Fsp3) is 0.286. The quantitative estimate of drug-likeness (QED) is 0.556. The summed E-state index contributed by atoms with van der Waals surface area (Å²) >= 11 is 0. The highest BCUT2D eigenvalue weighted by Gasteiger charge is 2.54. The number of hydrogen-bond donors (Lipinski definition) is 0. The molecule has 0 saturated carbocycles. The smallest absolute Gasteiger partial charge is 0.337 e. The molecule has 1 fully saturated rings. The van der Waals surface area contributed by atoms with E-state index in [0.29, 0.717) is 22.6 Å². The minimum absolute atomic E-state index is 0.138. The Morgan fingerprint density at radius 3 is 2.47 bits per heavy atom. The number of rotatable bonds is 5. The maximum absolute atomic E-state index is 13.1. The third-order valence-corrected chi connectivity index (χ3v) is 5.18. The maximum Gasteiger partial charge on any atom is 0.337 e. The molecular formula is C21H20N4O5. The zero-order valence-corrected chi connectivity index (χ0v) is 16.7. The first-order valence-electron chi connectivity index (χ1n) is 9.31. The molecule has 9 nitrogen and oxygen atoms in total. The second kappa shape index (κ2) is 7.58. The summed E-state index contributed by atoms with van der Waals surface area (Å²) < 4.78 is 10.1. The fourth-order valence-electron chi connectivity index (χ4n) is 3.62. The highest BCUT2D eigenvalue weighted by Crippen LogP contribution is 2.34. The first-order valence-corrected chi connectivity index (χ1v) is 9.31. The van der Waals surface area contributed by atoms with Crippen molar-refractivity contribution in [1.29, 1.82) is 0 Å². The number of hydrogen-bond acceptors (Lipinski definition) is 8. The highest BCUT2D eigenvalue weighted by atomic mass is 16.5. The van der Waals surface area contributed by atoms with E-state index in [1.165, 1.54) is 19.2 Å². The molecule has 2 aliphatic rings. The lowest BCUT2D eigenvalue weighted by atomic mass is 10.1. The molecule has 4 rings (SSSR count). The van der Waals surface area contributed by atoms with Gasteiger partial charge in [0.05, 0.1) is 32.0 Å². The van der Waals surface area contributed by atoms with Crippen molar-refractivity contribution in [3.05, 3.63) is 59.2 Å². The lowest BCUT2D eigenvalue weighted by Crippen LogP contribution is -2.39. The Kier molecular flexibility index (Phi) is 4.94. The SMILES string of the molecule is COC(=O)c1ccc(OC)c(CN2N=NC3C(=O)N(c4ccc(C)cc4)C(=O)C32)c1. The summed E-state index contributed by atoms with van der Waals surface area (Å²) in [5, 5.41) is 9.54. The number of methoxy groups -OCH3 is 2. The first-order chi connectivity index (χ1) is 14.4. The maximum atomic E-state index is 13.1. The van der Waals surface area contributed by atoms with Gasteiger partial charge in [-0.25, -0.2) is 9.69 Å². The third kappa shape index (κ3) is 3.18. The molecule has 0 N–H and O–H groups in total. The van der Waals surface area contributed by atoms with Crippen LogP contribution in [0.1, 0.15) is 21.5 Å². The van der Waals surface area contributed by atoms with Crippen LogP contribution in [0.3, 0.4) is 0 Å². The summed E-state index contributed by atoms with van der Waals surface area (Å²) in [4.78, 5) is 39.0. The number of aryl methyl sites for hydroxylation is 1. The van der Waals surface area contributed by atoms with Gasteiger partial charge in [-0.3, -0.25) is 14.6 Å². The Morgan fingerprint density at radius 1 is 1.07 bits per heavy atom. The summed E-state index contributed by atoms with van der Waals surface area (Å²) in [5.41, 5.74) is 2.49. The van der Waals surface area contributed by atoms with Gasteiger partial charge in [-0.1, -0.05) is 22.9 Å². The normalized spacial score (nSPS) is 20.0. The van der Waals surface area contributed by atoms with Gasteiger partial charge < -0.3 is 9.47 Å². The van der Waals surface area contributed by atoms with Crippen molar-refractivity contribution in [2.45, 2.75) is 25.6 Å². The Labute approximate surface area is 172 Å². The van der Waals surface area contributed by atoms with Crippen LogP contribution in [0.2, 0.25) is 0 Å². The minimum atomic E-state index is -0.895. The Morgan fingerprint density at radius 2 is 1.80 bits per heavy atom. The molecule has 1 saturated heterocycles. The van der Waals surface area contributed by atoms with E-state index in [-0.39, 0.29) is 12.5 Å². The van der Waals surface area contributed by atoms with E-state index in [1.54, 1.807) is 30.3 Å². The number of anilines is 1. The van der Waals surface area contributed by atoms with E-state index in [9.17, 15) is 14.4 Å². The van der Waals surface area contributed by atoms with Crippen molar-refractivity contribution in [2.75, 3.05) is 19.1 Å². The molecule has 2 aliphatic heterocycles. The summed E-state index contributed by atoms with van der Waals surface area (Å²) in [7, 11) is 2.81. The molecule has 2 aromatic carbocycles. The molecule has 0 radical (unpaired) electrons. The summed E-state index contributed by atoms with van der Waals surface area (Å²) in [6, 6.07) is 10.3. The number of carbonyl (C=O) groups excluding carboxylic acids is 3. The monoisotopic (exact) mass is 408 g/mol. The number of fused-ring (bicyclic) bond motifs is 1. The molecule has 2 unspecified atom stereocenters. The van der Waals surface area contributed by atoms with Gasteiger partial charge in [0.1, 0.15) is 5.75 Å². The van der Waals surface area contributed by atoms with Gasteiger partial charge in [0.25, 0.3) is 11.8 Å². The van der Waals surface area contributed by atoms with Crippen LogP contribution in [-0.4, -0.2) is 49.1 Å². The lowest BCUT2D eigenvalue weighted by molar-refractivity contribution is -0.123. The first kappa shape index (κ1) is 19.6. The van der Waals surface area contributed by atoms with Gasteiger partial charge in [0.2, 0.25) is 0 Å². The highest BCUT2D eigenvalue weighted by molar-refractivity contribution is 6.25. The number of carbonyl (C=O) groups is 3. The van der Waals surface area contributed by atoms with Crippen LogP contribution in [0.15, 0.2) is 52.8 Å². The average Bonchev–Trinajstić information content (AvgIpc) is 3.28. The van der Waals surface area contributed by atoms with Gasteiger partial charge >= 0.3 is 5.97 Å². The molecule has 0 aromatic heterocycles. The lowest BCUT2D eigenvalue weighted by Gasteiger charge is -2.22. The molecule has 2 amide bonds. The molecular weight excluding hydrogens is 388 g/mol. The standard InChI is InChI=1S/C21H20N4O5/c1-12-4-7-15(8-5-12)25-19(26)17-18(20(25)27)24(23-22-17)11-14-10-13(21(28)30-3)6-9-16(14)29-2/h4-10,17-18H,11H2,1-3H3.